The van der Waals surface area contributed by atoms with E-state index in [1.807, 2.05) is 12.1 Å². The second kappa shape index (κ2) is 6.18. The van der Waals surface area contributed by atoms with Crippen LogP contribution in [0.25, 0.3) is 0 Å². The number of likely N-dealkylation sites (N-methyl/N-ethyl adjacent to an activating group) is 1. The molecule has 0 aromatic heterocycles. The molecular formula is C18H18FNO2. The zero-order valence-corrected chi connectivity index (χ0v) is 12.5. The van der Waals surface area contributed by atoms with Gasteiger partial charge in [0.15, 0.2) is 6.61 Å². The van der Waals surface area contributed by atoms with E-state index in [9.17, 15) is 9.18 Å². The van der Waals surface area contributed by atoms with Gasteiger partial charge < -0.3 is 9.64 Å². The van der Waals surface area contributed by atoms with Crippen LogP contribution in [0.2, 0.25) is 0 Å². The van der Waals surface area contributed by atoms with Crippen LogP contribution in [-0.2, 0) is 11.2 Å². The van der Waals surface area contributed by atoms with E-state index in [0.29, 0.717) is 5.75 Å². The van der Waals surface area contributed by atoms with Crippen LogP contribution in [0, 0.1) is 5.82 Å². The lowest BCUT2D eigenvalue weighted by atomic mass is 10.1. The Morgan fingerprint density at radius 1 is 1.27 bits per heavy atom. The summed E-state index contributed by atoms with van der Waals surface area (Å²) in [7, 11) is 1.80. The van der Waals surface area contributed by atoms with E-state index in [1.165, 1.54) is 23.3 Å². The molecule has 0 heterocycles. The summed E-state index contributed by atoms with van der Waals surface area (Å²) in [5.41, 5.74) is 2.52. The van der Waals surface area contributed by atoms with E-state index >= 15 is 0 Å². The molecule has 0 aliphatic heterocycles. The summed E-state index contributed by atoms with van der Waals surface area (Å²) in [6.07, 6.45) is 1.92. The summed E-state index contributed by atoms with van der Waals surface area (Å²) >= 11 is 0. The number of amides is 1. The number of carbonyl (C=O) groups excluding carboxylic acids is 1. The van der Waals surface area contributed by atoms with Gasteiger partial charge in [-0.2, -0.15) is 0 Å². The number of ether oxygens (including phenoxy) is 1. The zero-order chi connectivity index (χ0) is 15.5. The van der Waals surface area contributed by atoms with Crippen molar-refractivity contribution in [3.63, 3.8) is 0 Å². The van der Waals surface area contributed by atoms with E-state index in [0.717, 1.165) is 12.8 Å². The molecule has 22 heavy (non-hydrogen) atoms. The predicted octanol–water partition coefficient (Wildman–Crippen LogP) is 3.35. The minimum atomic E-state index is -0.372. The molecule has 1 amide bonds. The molecule has 1 atom stereocenters. The lowest BCUT2D eigenvalue weighted by Gasteiger charge is -2.25. The van der Waals surface area contributed by atoms with Gasteiger partial charge in [-0.1, -0.05) is 30.3 Å². The third-order valence-electron chi connectivity index (χ3n) is 4.12. The Morgan fingerprint density at radius 2 is 2.09 bits per heavy atom. The first-order valence-electron chi connectivity index (χ1n) is 7.37. The van der Waals surface area contributed by atoms with E-state index in [2.05, 4.69) is 12.1 Å². The van der Waals surface area contributed by atoms with Crippen LogP contribution in [0.4, 0.5) is 4.39 Å². The second-order valence-electron chi connectivity index (χ2n) is 5.50. The number of aryl methyl sites for hydroxylation is 1. The summed E-state index contributed by atoms with van der Waals surface area (Å²) < 4.78 is 18.5. The van der Waals surface area contributed by atoms with Crippen molar-refractivity contribution in [3.8, 4) is 5.75 Å². The number of nitrogens with zero attached hydrogens (tertiary/aromatic N) is 1. The topological polar surface area (TPSA) is 29.5 Å². The first-order chi connectivity index (χ1) is 10.6. The largest absolute Gasteiger partial charge is 0.484 e. The number of halogens is 1. The van der Waals surface area contributed by atoms with E-state index in [4.69, 9.17) is 4.74 Å². The highest BCUT2D eigenvalue weighted by Crippen LogP contribution is 2.34. The molecular weight excluding hydrogens is 281 g/mol. The highest BCUT2D eigenvalue weighted by Gasteiger charge is 2.28. The molecule has 0 saturated heterocycles. The molecule has 1 aliphatic carbocycles. The summed E-state index contributed by atoms with van der Waals surface area (Å²) in [5, 5.41) is 0. The van der Waals surface area contributed by atoms with Crippen molar-refractivity contribution in [2.75, 3.05) is 13.7 Å². The third kappa shape index (κ3) is 2.96. The number of hydrogen-bond donors (Lipinski definition) is 0. The average molecular weight is 299 g/mol. The molecule has 114 valence electrons. The van der Waals surface area contributed by atoms with Crippen LogP contribution in [-0.4, -0.2) is 24.5 Å². The number of fused-ring (bicyclic) bond motifs is 1. The Morgan fingerprint density at radius 3 is 2.91 bits per heavy atom. The Hall–Kier alpha value is -2.36. The molecule has 2 aromatic rings. The minimum Gasteiger partial charge on any atom is -0.484 e. The summed E-state index contributed by atoms with van der Waals surface area (Å²) in [6.45, 7) is -0.0847. The quantitative estimate of drug-likeness (QED) is 0.866. The normalized spacial score (nSPS) is 16.2. The minimum absolute atomic E-state index is 0.0847. The maximum absolute atomic E-state index is 13.1. The summed E-state index contributed by atoms with van der Waals surface area (Å²) in [4.78, 5) is 14.0. The number of benzene rings is 2. The van der Waals surface area contributed by atoms with Gasteiger partial charge in [0.1, 0.15) is 11.6 Å². The van der Waals surface area contributed by atoms with Gasteiger partial charge in [0.05, 0.1) is 6.04 Å². The fourth-order valence-corrected chi connectivity index (χ4v) is 2.91. The van der Waals surface area contributed by atoms with Crippen LogP contribution in [0.3, 0.4) is 0 Å². The van der Waals surface area contributed by atoms with E-state index in [-0.39, 0.29) is 24.4 Å². The number of carbonyl (C=O) groups is 1. The van der Waals surface area contributed by atoms with Gasteiger partial charge in [-0.3, -0.25) is 4.79 Å². The van der Waals surface area contributed by atoms with Crippen LogP contribution < -0.4 is 4.74 Å². The zero-order valence-electron chi connectivity index (χ0n) is 12.5. The molecule has 1 unspecified atom stereocenters. The van der Waals surface area contributed by atoms with Crippen molar-refractivity contribution >= 4 is 5.91 Å². The van der Waals surface area contributed by atoms with Gasteiger partial charge in [-0.15, -0.1) is 0 Å². The fraction of sp³-hybridized carbons (Fsp3) is 0.278. The Labute approximate surface area is 129 Å². The first kappa shape index (κ1) is 14.6. The average Bonchev–Trinajstić information content (AvgIpc) is 2.96. The van der Waals surface area contributed by atoms with E-state index < -0.39 is 0 Å². The molecule has 2 aromatic carbocycles. The fourth-order valence-electron chi connectivity index (χ4n) is 2.91. The lowest BCUT2D eigenvalue weighted by molar-refractivity contribution is -0.134. The van der Waals surface area contributed by atoms with Crippen LogP contribution >= 0.6 is 0 Å². The Balaban J connectivity index is 1.63. The molecule has 3 rings (SSSR count). The van der Waals surface area contributed by atoms with Crippen LogP contribution in [0.15, 0.2) is 48.5 Å². The SMILES string of the molecule is CN(C(=O)COc1cccc(F)c1)C1CCc2ccccc21. The predicted molar refractivity (Wildman–Crippen MR) is 82.2 cm³/mol. The summed E-state index contributed by atoms with van der Waals surface area (Å²) in [5.74, 6) is -0.109. The Kier molecular flexibility index (Phi) is 4.09. The van der Waals surface area contributed by atoms with Gasteiger partial charge in [0, 0.05) is 13.1 Å². The highest BCUT2D eigenvalue weighted by atomic mass is 19.1. The Bertz CT molecular complexity index is 686. The molecule has 0 radical (unpaired) electrons. The molecule has 0 fully saturated rings. The van der Waals surface area contributed by atoms with Gasteiger partial charge >= 0.3 is 0 Å². The van der Waals surface area contributed by atoms with Crippen molar-refractivity contribution in [2.24, 2.45) is 0 Å². The number of rotatable bonds is 4. The van der Waals surface area contributed by atoms with Crippen molar-refractivity contribution in [3.05, 3.63) is 65.5 Å². The monoisotopic (exact) mass is 299 g/mol. The molecule has 0 spiro atoms. The van der Waals surface area contributed by atoms with Crippen LogP contribution in [0.1, 0.15) is 23.6 Å². The van der Waals surface area contributed by atoms with Crippen molar-refractivity contribution in [1.82, 2.24) is 4.90 Å². The molecule has 0 saturated carbocycles. The second-order valence-corrected chi connectivity index (χ2v) is 5.50. The highest BCUT2D eigenvalue weighted by molar-refractivity contribution is 5.78. The molecule has 0 N–H and O–H groups in total. The van der Waals surface area contributed by atoms with Gasteiger partial charge in [0.25, 0.3) is 5.91 Å². The smallest absolute Gasteiger partial charge is 0.260 e. The number of hydrogen-bond acceptors (Lipinski definition) is 2. The van der Waals surface area contributed by atoms with Gasteiger partial charge in [-0.05, 0) is 36.1 Å². The molecule has 3 nitrogen and oxygen atoms in total. The van der Waals surface area contributed by atoms with Gasteiger partial charge in [-0.25, -0.2) is 4.39 Å². The van der Waals surface area contributed by atoms with Crippen molar-refractivity contribution in [2.45, 2.75) is 18.9 Å². The van der Waals surface area contributed by atoms with Crippen LogP contribution in [0.5, 0.6) is 5.75 Å². The van der Waals surface area contributed by atoms with Crippen molar-refractivity contribution < 1.29 is 13.9 Å². The molecule has 4 heteroatoms. The van der Waals surface area contributed by atoms with Gasteiger partial charge in [0.2, 0.25) is 0 Å². The van der Waals surface area contributed by atoms with Crippen molar-refractivity contribution in [1.29, 1.82) is 0 Å². The summed E-state index contributed by atoms with van der Waals surface area (Å²) in [6, 6.07) is 14.1. The molecule has 1 aliphatic rings. The van der Waals surface area contributed by atoms with E-state index in [1.54, 1.807) is 24.1 Å². The lowest BCUT2D eigenvalue weighted by Crippen LogP contribution is -2.34. The third-order valence-corrected chi connectivity index (χ3v) is 4.12. The first-order valence-corrected chi connectivity index (χ1v) is 7.37. The maximum Gasteiger partial charge on any atom is 0.260 e. The standard InChI is InChI=1S/C18H18FNO2/c1-20(17-10-9-13-5-2-3-8-16(13)17)18(21)12-22-15-7-4-6-14(19)11-15/h2-8,11,17H,9-10,12H2,1H3. The maximum atomic E-state index is 13.1. The molecule has 0 bridgehead atoms.